The van der Waals surface area contributed by atoms with Crippen molar-refractivity contribution in [2.75, 3.05) is 4.72 Å². The fourth-order valence-electron chi connectivity index (χ4n) is 1.84. The molecule has 0 fully saturated rings. The maximum Gasteiger partial charge on any atom is 0.271 e. The van der Waals surface area contributed by atoms with Crippen LogP contribution in [0.1, 0.15) is 0 Å². The molecule has 0 bridgehead atoms. The summed E-state index contributed by atoms with van der Waals surface area (Å²) in [6, 6.07) is 9.85. The summed E-state index contributed by atoms with van der Waals surface area (Å²) in [4.78, 5) is 0. The molecule has 7 nitrogen and oxygen atoms in total. The van der Waals surface area contributed by atoms with Gasteiger partial charge in [-0.15, -0.1) is 16.4 Å². The van der Waals surface area contributed by atoms with Crippen molar-refractivity contribution < 1.29 is 8.42 Å². The second kappa shape index (κ2) is 5.67. The van der Waals surface area contributed by atoms with Gasteiger partial charge in [-0.2, -0.15) is 0 Å². The van der Waals surface area contributed by atoms with Crippen LogP contribution in [-0.4, -0.2) is 28.6 Å². The lowest BCUT2D eigenvalue weighted by Gasteiger charge is -2.07. The third-order valence-electron chi connectivity index (χ3n) is 2.81. The van der Waals surface area contributed by atoms with Crippen molar-refractivity contribution in [1.29, 1.82) is 0 Å². The van der Waals surface area contributed by atoms with E-state index in [9.17, 15) is 8.42 Å². The monoisotopic (exact) mass is 355 g/mol. The van der Waals surface area contributed by atoms with Crippen LogP contribution in [0.25, 0.3) is 11.4 Å². The number of hydrogen-bond donors (Lipinski definition) is 1. The molecule has 1 aromatic carbocycles. The summed E-state index contributed by atoms with van der Waals surface area (Å²) in [5.74, 6) is 0.542. The molecule has 22 heavy (non-hydrogen) atoms. The number of sulfonamides is 1. The quantitative estimate of drug-likeness (QED) is 0.776. The summed E-state index contributed by atoms with van der Waals surface area (Å²) in [5, 5.41) is 11.2. The van der Waals surface area contributed by atoms with Crippen LogP contribution in [0.5, 0.6) is 0 Å². The van der Waals surface area contributed by atoms with E-state index in [4.69, 9.17) is 11.6 Å². The van der Waals surface area contributed by atoms with Gasteiger partial charge in [-0.05, 0) is 34.7 Å². The Kier molecular flexibility index (Phi) is 3.85. The second-order valence-electron chi connectivity index (χ2n) is 4.37. The zero-order valence-electron chi connectivity index (χ0n) is 11.3. The van der Waals surface area contributed by atoms with E-state index in [0.29, 0.717) is 21.4 Å². The third-order valence-corrected chi connectivity index (χ3v) is 5.91. The maximum atomic E-state index is 12.3. The van der Waals surface area contributed by atoms with Crippen molar-refractivity contribution in [3.8, 4) is 11.4 Å². The number of nitrogens with one attached hydrogen (secondary N) is 1. The van der Waals surface area contributed by atoms with Gasteiger partial charge in [-0.3, -0.25) is 4.72 Å². The van der Waals surface area contributed by atoms with Crippen LogP contribution in [0.4, 0.5) is 5.69 Å². The fourth-order valence-corrected chi connectivity index (χ4v) is 4.38. The summed E-state index contributed by atoms with van der Waals surface area (Å²) in [6.07, 6.45) is 0. The molecule has 0 aliphatic rings. The first kappa shape index (κ1) is 14.9. The number of anilines is 1. The van der Waals surface area contributed by atoms with Crippen LogP contribution < -0.4 is 4.72 Å². The van der Waals surface area contributed by atoms with Crippen LogP contribution in [0.3, 0.4) is 0 Å². The van der Waals surface area contributed by atoms with E-state index in [2.05, 4.69) is 20.2 Å². The first-order chi connectivity index (χ1) is 10.5. The van der Waals surface area contributed by atoms with Gasteiger partial charge >= 0.3 is 0 Å². The highest BCUT2D eigenvalue weighted by atomic mass is 35.5. The van der Waals surface area contributed by atoms with Crippen LogP contribution in [0, 0.1) is 0 Å². The number of tetrazole rings is 1. The molecule has 3 rings (SSSR count). The molecule has 0 saturated carbocycles. The molecule has 0 amide bonds. The molecule has 0 unspecified atom stereocenters. The molecular weight excluding hydrogens is 346 g/mol. The summed E-state index contributed by atoms with van der Waals surface area (Å²) in [6.45, 7) is 0. The maximum absolute atomic E-state index is 12.3. The summed E-state index contributed by atoms with van der Waals surface area (Å²) < 4.78 is 29.1. The minimum Gasteiger partial charge on any atom is -0.279 e. The molecule has 0 aliphatic heterocycles. The Hall–Kier alpha value is -1.97. The predicted molar refractivity (Wildman–Crippen MR) is 84.4 cm³/mol. The minimum absolute atomic E-state index is 0.156. The molecular formula is C12H10ClN5O2S2. The number of thiophene rings is 1. The molecule has 0 spiro atoms. The Morgan fingerprint density at radius 1 is 1.27 bits per heavy atom. The van der Waals surface area contributed by atoms with Crippen molar-refractivity contribution in [2.45, 2.75) is 4.21 Å². The van der Waals surface area contributed by atoms with Crippen LogP contribution >= 0.6 is 22.9 Å². The van der Waals surface area contributed by atoms with Crippen molar-refractivity contribution in [2.24, 2.45) is 7.05 Å². The Morgan fingerprint density at radius 2 is 2.09 bits per heavy atom. The summed E-state index contributed by atoms with van der Waals surface area (Å²) in [7, 11) is -1.95. The van der Waals surface area contributed by atoms with Gasteiger partial charge < -0.3 is 0 Å². The Labute approximate surface area is 135 Å². The van der Waals surface area contributed by atoms with E-state index in [1.807, 2.05) is 0 Å². The normalized spacial score (nSPS) is 11.5. The third kappa shape index (κ3) is 2.96. The number of aryl methyl sites for hydroxylation is 1. The second-order valence-corrected chi connectivity index (χ2v) is 8.00. The Balaban J connectivity index is 1.92. The zero-order chi connectivity index (χ0) is 15.7. The van der Waals surface area contributed by atoms with Crippen molar-refractivity contribution in [3.63, 3.8) is 0 Å². The number of nitrogens with zero attached hydrogens (tertiary/aromatic N) is 4. The molecule has 0 atom stereocenters. The minimum atomic E-state index is -3.66. The summed E-state index contributed by atoms with van der Waals surface area (Å²) >= 11 is 6.78. The topological polar surface area (TPSA) is 89.8 Å². The lowest BCUT2D eigenvalue weighted by Crippen LogP contribution is -2.11. The van der Waals surface area contributed by atoms with Gasteiger partial charge in [0.15, 0.2) is 5.82 Å². The number of rotatable bonds is 4. The standard InChI is InChI=1S/C12H10ClN5O2S2/c1-18-12(14-16-17-18)8-3-2-4-9(7-8)15-22(19,20)11-6-5-10(13)21-11/h2-7,15H,1H3. The van der Waals surface area contributed by atoms with E-state index in [0.717, 1.165) is 11.3 Å². The van der Waals surface area contributed by atoms with E-state index in [-0.39, 0.29) is 4.21 Å². The Morgan fingerprint density at radius 3 is 2.73 bits per heavy atom. The van der Waals surface area contributed by atoms with E-state index < -0.39 is 10.0 Å². The van der Waals surface area contributed by atoms with E-state index >= 15 is 0 Å². The van der Waals surface area contributed by atoms with Gasteiger partial charge in [0.25, 0.3) is 10.0 Å². The average molecular weight is 356 g/mol. The zero-order valence-corrected chi connectivity index (χ0v) is 13.7. The van der Waals surface area contributed by atoms with Gasteiger partial charge in [0, 0.05) is 18.3 Å². The molecule has 2 aromatic heterocycles. The van der Waals surface area contributed by atoms with Crippen molar-refractivity contribution in [1.82, 2.24) is 20.2 Å². The number of halogens is 1. The highest BCUT2D eigenvalue weighted by molar-refractivity contribution is 7.94. The molecule has 114 valence electrons. The molecule has 0 aliphatic carbocycles. The first-order valence-electron chi connectivity index (χ1n) is 6.07. The van der Waals surface area contributed by atoms with Crippen LogP contribution in [0.2, 0.25) is 4.34 Å². The predicted octanol–water partition coefficient (Wildman–Crippen LogP) is 2.39. The van der Waals surface area contributed by atoms with E-state index in [1.165, 1.54) is 10.7 Å². The lowest BCUT2D eigenvalue weighted by atomic mass is 10.2. The number of benzene rings is 1. The largest absolute Gasteiger partial charge is 0.279 e. The van der Waals surface area contributed by atoms with Gasteiger partial charge in [0.2, 0.25) is 0 Å². The van der Waals surface area contributed by atoms with Gasteiger partial charge in [-0.1, -0.05) is 23.7 Å². The van der Waals surface area contributed by atoms with Gasteiger partial charge in [-0.25, -0.2) is 13.1 Å². The number of hydrogen-bond acceptors (Lipinski definition) is 6. The Bertz CT molecular complexity index is 919. The fraction of sp³-hybridized carbons (Fsp3) is 0.0833. The molecule has 10 heteroatoms. The van der Waals surface area contributed by atoms with Gasteiger partial charge in [0.1, 0.15) is 4.21 Å². The SMILES string of the molecule is Cn1nnnc1-c1cccc(NS(=O)(=O)c2ccc(Cl)s2)c1. The molecule has 3 aromatic rings. The summed E-state index contributed by atoms with van der Waals surface area (Å²) in [5.41, 5.74) is 1.13. The molecule has 1 N–H and O–H groups in total. The lowest BCUT2D eigenvalue weighted by molar-refractivity contribution is 0.603. The molecule has 0 saturated heterocycles. The highest BCUT2D eigenvalue weighted by Crippen LogP contribution is 2.28. The van der Waals surface area contributed by atoms with Crippen molar-refractivity contribution >= 4 is 38.6 Å². The van der Waals surface area contributed by atoms with Crippen molar-refractivity contribution in [3.05, 3.63) is 40.7 Å². The smallest absolute Gasteiger partial charge is 0.271 e. The number of aromatic nitrogens is 4. The molecule has 2 heterocycles. The van der Waals surface area contributed by atoms with Crippen LogP contribution in [0.15, 0.2) is 40.6 Å². The average Bonchev–Trinajstić information content (AvgIpc) is 3.07. The highest BCUT2D eigenvalue weighted by Gasteiger charge is 2.17. The molecule has 0 radical (unpaired) electrons. The van der Waals surface area contributed by atoms with Crippen LogP contribution in [-0.2, 0) is 17.1 Å². The first-order valence-corrected chi connectivity index (χ1v) is 8.74. The van der Waals surface area contributed by atoms with E-state index in [1.54, 1.807) is 37.4 Å². The van der Waals surface area contributed by atoms with Gasteiger partial charge in [0.05, 0.1) is 4.34 Å².